The maximum Gasteiger partial charge on any atom is 0.130 e. The first kappa shape index (κ1) is 12.9. The minimum atomic E-state index is 0.129. The summed E-state index contributed by atoms with van der Waals surface area (Å²) in [6, 6.07) is 1.85. The van der Waals surface area contributed by atoms with Gasteiger partial charge in [-0.2, -0.15) is 0 Å². The predicted octanol–water partition coefficient (Wildman–Crippen LogP) is 3.54. The molecule has 0 bridgehead atoms. The molecule has 0 unspecified atom stereocenters. The predicted molar refractivity (Wildman–Crippen MR) is 74.5 cm³/mol. The number of benzene rings is 1. The Bertz CT molecular complexity index is 436. The van der Waals surface area contributed by atoms with Gasteiger partial charge in [-0.15, -0.1) is 0 Å². The lowest BCUT2D eigenvalue weighted by Gasteiger charge is -2.32. The van der Waals surface area contributed by atoms with E-state index in [0.29, 0.717) is 12.3 Å². The summed E-state index contributed by atoms with van der Waals surface area (Å²) >= 11 is 3.47. The number of phenols is 1. The molecule has 0 radical (unpaired) electrons. The zero-order chi connectivity index (χ0) is 12.6. The molecular weight excluding hydrogens is 278 g/mol. The second-order valence-corrected chi connectivity index (χ2v) is 6.01. The molecule has 1 aliphatic rings. The Labute approximate surface area is 111 Å². The van der Waals surface area contributed by atoms with E-state index in [4.69, 9.17) is 5.73 Å². The Morgan fingerprint density at radius 1 is 1.35 bits per heavy atom. The van der Waals surface area contributed by atoms with Crippen molar-refractivity contribution < 1.29 is 5.11 Å². The number of aryl methyl sites for hydroxylation is 1. The molecule has 94 valence electrons. The number of nitrogens with two attached hydrogens (primary N) is 1. The van der Waals surface area contributed by atoms with Gasteiger partial charge < -0.3 is 10.8 Å². The largest absolute Gasteiger partial charge is 0.507 e. The first-order valence-corrected chi connectivity index (χ1v) is 7.00. The summed E-state index contributed by atoms with van der Waals surface area (Å²) in [4.78, 5) is 0. The highest BCUT2D eigenvalue weighted by Crippen LogP contribution is 2.46. The van der Waals surface area contributed by atoms with Crippen molar-refractivity contribution in [3.8, 4) is 5.75 Å². The lowest BCUT2D eigenvalue weighted by Crippen LogP contribution is -2.33. The Morgan fingerprint density at radius 2 is 1.94 bits per heavy atom. The van der Waals surface area contributed by atoms with Crippen LogP contribution in [0.15, 0.2) is 10.5 Å². The number of halogens is 1. The van der Waals surface area contributed by atoms with Crippen molar-refractivity contribution in [3.63, 3.8) is 0 Å². The molecule has 3 heteroatoms. The van der Waals surface area contributed by atoms with E-state index < -0.39 is 0 Å². The Hall–Kier alpha value is -0.540. The molecule has 2 nitrogen and oxygen atoms in total. The van der Waals surface area contributed by atoms with E-state index in [1.807, 2.05) is 6.07 Å². The summed E-state index contributed by atoms with van der Waals surface area (Å²) in [5.74, 6) is 0.328. The number of hydrogen-bond acceptors (Lipinski definition) is 2. The maximum absolute atomic E-state index is 9.83. The molecule has 0 amide bonds. The van der Waals surface area contributed by atoms with Crippen molar-refractivity contribution in [2.45, 2.75) is 44.9 Å². The van der Waals surface area contributed by atoms with Gasteiger partial charge in [-0.3, -0.25) is 0 Å². The first-order chi connectivity index (χ1) is 8.02. The van der Waals surface area contributed by atoms with Gasteiger partial charge in [-0.1, -0.05) is 12.8 Å². The van der Waals surface area contributed by atoms with E-state index in [1.54, 1.807) is 0 Å². The molecule has 0 heterocycles. The average molecular weight is 298 g/mol. The van der Waals surface area contributed by atoms with E-state index in [-0.39, 0.29) is 5.41 Å². The summed E-state index contributed by atoms with van der Waals surface area (Å²) in [5, 5.41) is 9.83. The summed E-state index contributed by atoms with van der Waals surface area (Å²) in [6.45, 7) is 4.85. The van der Waals surface area contributed by atoms with Gasteiger partial charge in [0, 0.05) is 12.0 Å². The maximum atomic E-state index is 9.83. The third-order valence-electron chi connectivity index (χ3n) is 4.16. The van der Waals surface area contributed by atoms with Crippen LogP contribution in [0.2, 0.25) is 0 Å². The molecule has 0 atom stereocenters. The van der Waals surface area contributed by atoms with Crippen LogP contribution in [-0.2, 0) is 5.41 Å². The van der Waals surface area contributed by atoms with Gasteiger partial charge in [0.25, 0.3) is 0 Å². The van der Waals surface area contributed by atoms with Crippen LogP contribution in [0, 0.1) is 13.8 Å². The Balaban J connectivity index is 2.62. The highest BCUT2D eigenvalue weighted by Gasteiger charge is 2.37. The number of phenolic OH excluding ortho intramolecular Hbond substituents is 1. The average Bonchev–Trinajstić information content (AvgIpc) is 2.76. The SMILES string of the molecule is Cc1cc(O)c(Br)c(C)c1C1(CN)CCCC1. The lowest BCUT2D eigenvalue weighted by molar-refractivity contribution is 0.441. The molecule has 0 saturated heterocycles. The van der Waals surface area contributed by atoms with Crippen LogP contribution in [0.25, 0.3) is 0 Å². The van der Waals surface area contributed by atoms with Crippen molar-refractivity contribution >= 4 is 15.9 Å². The van der Waals surface area contributed by atoms with E-state index in [9.17, 15) is 5.11 Å². The van der Waals surface area contributed by atoms with Crippen LogP contribution >= 0.6 is 15.9 Å². The van der Waals surface area contributed by atoms with Gasteiger partial charge in [-0.05, 0) is 65.4 Å². The molecule has 1 saturated carbocycles. The molecule has 3 N–H and O–H groups in total. The number of aromatic hydroxyl groups is 1. The van der Waals surface area contributed by atoms with Gasteiger partial charge in [0.1, 0.15) is 5.75 Å². The fraction of sp³-hybridized carbons (Fsp3) is 0.571. The fourth-order valence-corrected chi connectivity index (χ4v) is 3.67. The molecular formula is C14H20BrNO. The van der Waals surface area contributed by atoms with Gasteiger partial charge in [0.2, 0.25) is 0 Å². The molecule has 17 heavy (non-hydrogen) atoms. The van der Waals surface area contributed by atoms with Gasteiger partial charge >= 0.3 is 0 Å². The second kappa shape index (κ2) is 4.62. The van der Waals surface area contributed by atoms with Crippen LogP contribution in [0.1, 0.15) is 42.4 Å². The molecule has 2 rings (SSSR count). The van der Waals surface area contributed by atoms with Crippen molar-refractivity contribution in [2.24, 2.45) is 5.73 Å². The van der Waals surface area contributed by atoms with Crippen LogP contribution in [0.4, 0.5) is 0 Å². The molecule has 1 aromatic rings. The zero-order valence-electron chi connectivity index (χ0n) is 10.5. The molecule has 1 fully saturated rings. The van der Waals surface area contributed by atoms with Crippen molar-refractivity contribution in [1.29, 1.82) is 0 Å². The fourth-order valence-electron chi connectivity index (χ4n) is 3.36. The smallest absolute Gasteiger partial charge is 0.130 e. The van der Waals surface area contributed by atoms with E-state index in [2.05, 4.69) is 29.8 Å². The summed E-state index contributed by atoms with van der Waals surface area (Å²) < 4.78 is 0.817. The lowest BCUT2D eigenvalue weighted by atomic mass is 9.75. The van der Waals surface area contributed by atoms with E-state index >= 15 is 0 Å². The molecule has 0 aromatic heterocycles. The topological polar surface area (TPSA) is 46.2 Å². The molecule has 1 aliphatic carbocycles. The van der Waals surface area contributed by atoms with E-state index in [0.717, 1.165) is 15.6 Å². The summed E-state index contributed by atoms with van der Waals surface area (Å²) in [7, 11) is 0. The first-order valence-electron chi connectivity index (χ1n) is 6.21. The van der Waals surface area contributed by atoms with Crippen molar-refractivity contribution in [3.05, 3.63) is 27.2 Å². The third-order valence-corrected chi connectivity index (χ3v) is 5.16. The number of rotatable bonds is 2. The molecule has 0 aliphatic heterocycles. The molecule has 0 spiro atoms. The van der Waals surface area contributed by atoms with Crippen LogP contribution in [-0.4, -0.2) is 11.7 Å². The summed E-state index contributed by atoms with van der Waals surface area (Å²) in [5.41, 5.74) is 9.84. The highest BCUT2D eigenvalue weighted by atomic mass is 79.9. The van der Waals surface area contributed by atoms with Gasteiger partial charge in [0.15, 0.2) is 0 Å². The normalized spacial score (nSPS) is 18.6. The van der Waals surface area contributed by atoms with Crippen molar-refractivity contribution in [1.82, 2.24) is 0 Å². The van der Waals surface area contributed by atoms with Gasteiger partial charge in [-0.25, -0.2) is 0 Å². The quantitative estimate of drug-likeness (QED) is 0.877. The highest BCUT2D eigenvalue weighted by molar-refractivity contribution is 9.10. The molecule has 1 aromatic carbocycles. The number of hydrogen-bond donors (Lipinski definition) is 2. The Morgan fingerprint density at radius 3 is 2.47 bits per heavy atom. The minimum Gasteiger partial charge on any atom is -0.507 e. The second-order valence-electron chi connectivity index (χ2n) is 5.22. The Kier molecular flexibility index (Phi) is 3.50. The van der Waals surface area contributed by atoms with Gasteiger partial charge in [0.05, 0.1) is 4.47 Å². The minimum absolute atomic E-state index is 0.129. The third kappa shape index (κ3) is 2.00. The summed E-state index contributed by atoms with van der Waals surface area (Å²) in [6.07, 6.45) is 4.86. The van der Waals surface area contributed by atoms with Crippen molar-refractivity contribution in [2.75, 3.05) is 6.54 Å². The van der Waals surface area contributed by atoms with Crippen LogP contribution in [0.5, 0.6) is 5.75 Å². The van der Waals surface area contributed by atoms with Crippen LogP contribution < -0.4 is 5.73 Å². The zero-order valence-corrected chi connectivity index (χ0v) is 12.1. The van der Waals surface area contributed by atoms with Crippen LogP contribution in [0.3, 0.4) is 0 Å². The standard InChI is InChI=1S/C14H20BrNO/c1-9-7-11(17)13(15)10(2)12(9)14(8-16)5-3-4-6-14/h7,17H,3-6,8,16H2,1-2H3. The monoisotopic (exact) mass is 297 g/mol. The van der Waals surface area contributed by atoms with E-state index in [1.165, 1.54) is 31.2 Å².